The highest BCUT2D eigenvalue weighted by molar-refractivity contribution is 8.00. The fraction of sp³-hybridized carbons (Fsp3) is 0.391. The Labute approximate surface area is 193 Å². The molecule has 4 nitrogen and oxygen atoms in total. The Balaban J connectivity index is 2.19. The molecule has 2 aromatic rings. The van der Waals surface area contributed by atoms with Gasteiger partial charge in [0.25, 0.3) is 0 Å². The summed E-state index contributed by atoms with van der Waals surface area (Å²) in [5, 5.41) is 3.85. The Morgan fingerprint density at radius 1 is 1.07 bits per heavy atom. The van der Waals surface area contributed by atoms with E-state index in [1.165, 1.54) is 11.8 Å². The maximum Gasteiger partial charge on any atom is 0.242 e. The standard InChI is InChI=1S/C23H28Cl2N2O2S/c1-3-5-13-26-23(29)21(4-2)27(15-17-11-12-19(24)20(25)14-17)22(28)16-30-18-9-7-6-8-10-18/h6-12,14,21H,3-5,13,15-16H2,1-2H3,(H,26,29)/t21-/m1/s1. The molecule has 1 atom stereocenters. The number of nitrogens with one attached hydrogen (secondary N) is 1. The van der Waals surface area contributed by atoms with Crippen molar-refractivity contribution in [1.82, 2.24) is 10.2 Å². The number of unbranched alkanes of at least 4 members (excludes halogenated alkanes) is 1. The summed E-state index contributed by atoms with van der Waals surface area (Å²) < 4.78 is 0. The minimum atomic E-state index is -0.541. The van der Waals surface area contributed by atoms with Crippen LogP contribution in [0.1, 0.15) is 38.7 Å². The van der Waals surface area contributed by atoms with Crippen LogP contribution in [-0.2, 0) is 16.1 Å². The molecule has 162 valence electrons. The smallest absolute Gasteiger partial charge is 0.242 e. The van der Waals surface area contributed by atoms with Gasteiger partial charge in [0.2, 0.25) is 11.8 Å². The fourth-order valence-electron chi connectivity index (χ4n) is 3.01. The quantitative estimate of drug-likeness (QED) is 0.335. The van der Waals surface area contributed by atoms with Gasteiger partial charge in [-0.2, -0.15) is 0 Å². The molecule has 0 aliphatic heterocycles. The van der Waals surface area contributed by atoms with Crippen molar-refractivity contribution in [2.75, 3.05) is 12.3 Å². The van der Waals surface area contributed by atoms with Crippen LogP contribution in [0, 0.1) is 0 Å². The summed E-state index contributed by atoms with van der Waals surface area (Å²) >= 11 is 13.7. The molecule has 2 rings (SSSR count). The predicted octanol–water partition coefficient (Wildman–Crippen LogP) is 5.81. The Morgan fingerprint density at radius 2 is 1.80 bits per heavy atom. The average Bonchev–Trinajstić information content (AvgIpc) is 2.75. The van der Waals surface area contributed by atoms with Crippen LogP contribution >= 0.6 is 35.0 Å². The SMILES string of the molecule is CCCCNC(=O)[C@@H](CC)N(Cc1ccc(Cl)c(Cl)c1)C(=O)CSc1ccccc1. The second kappa shape index (κ2) is 12.9. The number of hydrogen-bond donors (Lipinski definition) is 1. The highest BCUT2D eigenvalue weighted by Gasteiger charge is 2.28. The molecule has 0 spiro atoms. The third-order valence-electron chi connectivity index (χ3n) is 4.66. The van der Waals surface area contributed by atoms with E-state index in [1.807, 2.05) is 43.3 Å². The highest BCUT2D eigenvalue weighted by atomic mass is 35.5. The zero-order valence-corrected chi connectivity index (χ0v) is 19.7. The lowest BCUT2D eigenvalue weighted by Gasteiger charge is -2.30. The van der Waals surface area contributed by atoms with Gasteiger partial charge < -0.3 is 10.2 Å². The largest absolute Gasteiger partial charge is 0.354 e. The van der Waals surface area contributed by atoms with Crippen molar-refractivity contribution in [3.8, 4) is 0 Å². The normalized spacial score (nSPS) is 11.7. The zero-order chi connectivity index (χ0) is 21.9. The van der Waals surface area contributed by atoms with Crippen molar-refractivity contribution >= 4 is 46.8 Å². The molecule has 1 N–H and O–H groups in total. The van der Waals surface area contributed by atoms with Crippen LogP contribution in [0.2, 0.25) is 10.0 Å². The molecule has 0 aliphatic rings. The maximum absolute atomic E-state index is 13.2. The summed E-state index contributed by atoms with van der Waals surface area (Å²) in [5.74, 6) is 0.0425. The third kappa shape index (κ3) is 7.53. The van der Waals surface area contributed by atoms with E-state index < -0.39 is 6.04 Å². The molecular formula is C23H28Cl2N2O2S. The second-order valence-corrected chi connectivity index (χ2v) is 8.80. The predicted molar refractivity (Wildman–Crippen MR) is 126 cm³/mol. The van der Waals surface area contributed by atoms with Crippen molar-refractivity contribution in [2.24, 2.45) is 0 Å². The van der Waals surface area contributed by atoms with E-state index in [0.717, 1.165) is 23.3 Å². The molecule has 0 heterocycles. The monoisotopic (exact) mass is 466 g/mol. The number of benzene rings is 2. The van der Waals surface area contributed by atoms with E-state index in [4.69, 9.17) is 23.2 Å². The minimum Gasteiger partial charge on any atom is -0.354 e. The first-order valence-corrected chi connectivity index (χ1v) is 11.9. The molecule has 0 saturated carbocycles. The summed E-state index contributed by atoms with van der Waals surface area (Å²) in [7, 11) is 0. The topological polar surface area (TPSA) is 49.4 Å². The number of carbonyl (C=O) groups is 2. The third-order valence-corrected chi connectivity index (χ3v) is 6.39. The van der Waals surface area contributed by atoms with E-state index in [9.17, 15) is 9.59 Å². The van der Waals surface area contributed by atoms with Crippen molar-refractivity contribution in [1.29, 1.82) is 0 Å². The summed E-state index contributed by atoms with van der Waals surface area (Å²) in [5.41, 5.74) is 0.835. The second-order valence-electron chi connectivity index (χ2n) is 6.94. The van der Waals surface area contributed by atoms with Crippen LogP contribution in [0.15, 0.2) is 53.4 Å². The van der Waals surface area contributed by atoms with E-state index in [0.29, 0.717) is 29.6 Å². The molecule has 0 aliphatic carbocycles. The maximum atomic E-state index is 13.2. The molecule has 0 fully saturated rings. The molecule has 7 heteroatoms. The van der Waals surface area contributed by atoms with Gasteiger partial charge in [-0.25, -0.2) is 0 Å². The van der Waals surface area contributed by atoms with Gasteiger partial charge in [0.1, 0.15) is 6.04 Å². The van der Waals surface area contributed by atoms with Gasteiger partial charge in [-0.3, -0.25) is 9.59 Å². The molecule has 2 aromatic carbocycles. The lowest BCUT2D eigenvalue weighted by Crippen LogP contribution is -2.49. The Bertz CT molecular complexity index is 833. The number of halogens is 2. The summed E-state index contributed by atoms with van der Waals surface area (Å²) in [6.07, 6.45) is 2.44. The van der Waals surface area contributed by atoms with Crippen molar-refractivity contribution < 1.29 is 9.59 Å². The number of nitrogens with zero attached hydrogens (tertiary/aromatic N) is 1. The summed E-state index contributed by atoms with van der Waals surface area (Å²) in [6, 6.07) is 14.5. The van der Waals surface area contributed by atoms with Gasteiger partial charge in [-0.15, -0.1) is 11.8 Å². The van der Waals surface area contributed by atoms with Crippen LogP contribution < -0.4 is 5.32 Å². The van der Waals surface area contributed by atoms with Gasteiger partial charge in [-0.1, -0.05) is 67.7 Å². The first-order chi connectivity index (χ1) is 14.5. The first-order valence-electron chi connectivity index (χ1n) is 10.1. The van der Waals surface area contributed by atoms with Crippen molar-refractivity contribution in [2.45, 2.75) is 50.6 Å². The van der Waals surface area contributed by atoms with E-state index >= 15 is 0 Å². The van der Waals surface area contributed by atoms with Gasteiger partial charge in [0.05, 0.1) is 15.8 Å². The Hall–Kier alpha value is -1.69. The molecule has 0 bridgehead atoms. The van der Waals surface area contributed by atoms with Crippen molar-refractivity contribution in [3.63, 3.8) is 0 Å². The molecule has 0 aromatic heterocycles. The van der Waals surface area contributed by atoms with Gasteiger partial charge in [0, 0.05) is 18.0 Å². The fourth-order valence-corrected chi connectivity index (χ4v) is 4.13. The minimum absolute atomic E-state index is 0.0904. The summed E-state index contributed by atoms with van der Waals surface area (Å²) in [4.78, 5) is 28.7. The first kappa shape index (κ1) is 24.6. The molecule has 2 amide bonds. The van der Waals surface area contributed by atoms with E-state index in [2.05, 4.69) is 12.2 Å². The molecule has 0 unspecified atom stereocenters. The molecule has 0 radical (unpaired) electrons. The number of amides is 2. The lowest BCUT2D eigenvalue weighted by atomic mass is 10.1. The highest BCUT2D eigenvalue weighted by Crippen LogP contribution is 2.25. The number of carbonyl (C=O) groups excluding carboxylic acids is 2. The van der Waals surface area contributed by atoms with Gasteiger partial charge >= 0.3 is 0 Å². The van der Waals surface area contributed by atoms with Crippen LogP contribution in [0.25, 0.3) is 0 Å². The van der Waals surface area contributed by atoms with Crippen LogP contribution in [-0.4, -0.2) is 35.1 Å². The van der Waals surface area contributed by atoms with Crippen molar-refractivity contribution in [3.05, 3.63) is 64.1 Å². The lowest BCUT2D eigenvalue weighted by molar-refractivity contribution is -0.139. The summed E-state index contributed by atoms with van der Waals surface area (Å²) in [6.45, 7) is 4.90. The number of rotatable bonds is 11. The zero-order valence-electron chi connectivity index (χ0n) is 17.4. The Kier molecular flexibility index (Phi) is 10.6. The van der Waals surface area contributed by atoms with Gasteiger partial charge in [0.15, 0.2) is 0 Å². The van der Waals surface area contributed by atoms with Crippen LogP contribution in [0.4, 0.5) is 0 Å². The van der Waals surface area contributed by atoms with E-state index in [-0.39, 0.29) is 17.6 Å². The van der Waals surface area contributed by atoms with Crippen LogP contribution in [0.3, 0.4) is 0 Å². The van der Waals surface area contributed by atoms with E-state index in [1.54, 1.807) is 17.0 Å². The number of thioether (sulfide) groups is 1. The number of hydrogen-bond acceptors (Lipinski definition) is 3. The molecular weight excluding hydrogens is 439 g/mol. The van der Waals surface area contributed by atoms with Crippen LogP contribution in [0.5, 0.6) is 0 Å². The molecule has 0 saturated heterocycles. The molecule has 30 heavy (non-hydrogen) atoms. The average molecular weight is 467 g/mol. The Morgan fingerprint density at radius 3 is 2.43 bits per heavy atom. The van der Waals surface area contributed by atoms with Gasteiger partial charge in [-0.05, 0) is 42.7 Å².